The molecule has 1 amide bonds. The van der Waals surface area contributed by atoms with Gasteiger partial charge >= 0.3 is 0 Å². The number of rotatable bonds is 13. The van der Waals surface area contributed by atoms with Gasteiger partial charge in [-0.2, -0.15) is 0 Å². The molecule has 2 aliphatic rings. The molecule has 2 aromatic rings. The van der Waals surface area contributed by atoms with Gasteiger partial charge in [0.05, 0.1) is 12.0 Å². The van der Waals surface area contributed by atoms with Crippen LogP contribution >= 0.6 is 0 Å². The van der Waals surface area contributed by atoms with Crippen LogP contribution in [-0.4, -0.2) is 89.6 Å². The van der Waals surface area contributed by atoms with E-state index in [0.29, 0.717) is 24.9 Å². The summed E-state index contributed by atoms with van der Waals surface area (Å²) in [6.07, 6.45) is -1.26. The molecule has 2 aliphatic heterocycles. The van der Waals surface area contributed by atoms with Gasteiger partial charge in [0.1, 0.15) is 29.7 Å². The Kier molecular flexibility index (Phi) is 10.2. The molecule has 0 spiro atoms. The summed E-state index contributed by atoms with van der Waals surface area (Å²) in [6.45, 7) is 8.71. The molecule has 5 atom stereocenters. The van der Waals surface area contributed by atoms with Crippen LogP contribution in [0.1, 0.15) is 67.9 Å². The molecule has 4 N–H and O–H groups in total. The number of Topliss-reactive ketones (excluding diaryl/α,β-unsaturated/α-hetero) is 1. The maximum atomic E-state index is 12.6. The summed E-state index contributed by atoms with van der Waals surface area (Å²) in [5.41, 5.74) is 3.12. The molecular weight excluding hydrogens is 548 g/mol. The number of hydrogen-bond donors (Lipinski definition) is 4. The fraction of sp³-hybridized carbons (Fsp3) is 0.588. The molecule has 2 bridgehead atoms. The van der Waals surface area contributed by atoms with E-state index in [9.17, 15) is 24.9 Å². The molecule has 9 heteroatoms. The number of amides is 1. The summed E-state index contributed by atoms with van der Waals surface area (Å²) in [7, 11) is 3.90. The zero-order valence-corrected chi connectivity index (χ0v) is 26.4. The van der Waals surface area contributed by atoms with Crippen molar-refractivity contribution in [1.29, 1.82) is 0 Å². The van der Waals surface area contributed by atoms with Gasteiger partial charge in [0.25, 0.3) is 0 Å². The second-order valence-corrected chi connectivity index (χ2v) is 13.4. The van der Waals surface area contributed by atoms with Crippen molar-refractivity contribution >= 4 is 11.7 Å². The summed E-state index contributed by atoms with van der Waals surface area (Å²) >= 11 is 0. The molecule has 4 rings (SSSR count). The van der Waals surface area contributed by atoms with Crippen LogP contribution in [0.15, 0.2) is 42.5 Å². The Hall–Kier alpha value is -2.66. The largest absolute Gasteiger partial charge is 0.387 e. The van der Waals surface area contributed by atoms with Crippen molar-refractivity contribution in [2.24, 2.45) is 5.41 Å². The first-order valence-electron chi connectivity index (χ1n) is 15.2. The van der Waals surface area contributed by atoms with Crippen LogP contribution < -0.4 is 5.32 Å². The van der Waals surface area contributed by atoms with E-state index >= 15 is 0 Å². The zero-order valence-electron chi connectivity index (χ0n) is 26.4. The second-order valence-electron chi connectivity index (χ2n) is 13.4. The Morgan fingerprint density at radius 1 is 1.05 bits per heavy atom. The standard InChI is InChI=1S/C34H48N2O7/c1-22-10-15-26(34-30(40)28(38)29(39)33(4,43-34)21-42-34)19-25(22)18-24-13-11-23(12-14-24)8-7-9-27(37)20-32(2,3)31(41)35-16-17-36(5)6/h10-15,19,28-30,38-40H,7-9,16-18,20-21H2,1-6H3,(H,35,41)/t28-,29-,30+,33-,34-/m0/s1. The molecule has 2 heterocycles. The summed E-state index contributed by atoms with van der Waals surface area (Å²) < 4.78 is 12.0. The number of aliphatic hydroxyl groups excluding tert-OH is 3. The van der Waals surface area contributed by atoms with Crippen molar-refractivity contribution in [3.05, 3.63) is 70.3 Å². The van der Waals surface area contributed by atoms with E-state index in [-0.39, 0.29) is 24.7 Å². The first-order chi connectivity index (χ1) is 20.2. The van der Waals surface area contributed by atoms with Crippen LogP contribution in [0.2, 0.25) is 0 Å². The topological polar surface area (TPSA) is 129 Å². The van der Waals surface area contributed by atoms with E-state index in [4.69, 9.17) is 9.47 Å². The van der Waals surface area contributed by atoms with Crippen molar-refractivity contribution in [3.63, 3.8) is 0 Å². The molecule has 0 aliphatic carbocycles. The molecule has 236 valence electrons. The second kappa shape index (κ2) is 13.1. The first-order valence-corrected chi connectivity index (χ1v) is 15.2. The molecule has 43 heavy (non-hydrogen) atoms. The summed E-state index contributed by atoms with van der Waals surface area (Å²) in [5, 5.41) is 34.7. The van der Waals surface area contributed by atoms with Crippen LogP contribution in [0.5, 0.6) is 0 Å². The number of aliphatic hydroxyl groups is 3. The number of nitrogens with one attached hydrogen (secondary N) is 1. The van der Waals surface area contributed by atoms with Crippen LogP contribution in [0.25, 0.3) is 0 Å². The van der Waals surface area contributed by atoms with Gasteiger partial charge < -0.3 is 35.0 Å². The molecular formula is C34H48N2O7. The minimum Gasteiger partial charge on any atom is -0.387 e. The number of aryl methyl sites for hydroxylation is 2. The number of ketones is 1. The molecule has 0 aromatic heterocycles. The van der Waals surface area contributed by atoms with Gasteiger partial charge in [-0.1, -0.05) is 50.2 Å². The number of carbonyl (C=O) groups is 2. The number of fused-ring (bicyclic) bond motifs is 2. The van der Waals surface area contributed by atoms with E-state index in [1.807, 2.05) is 58.0 Å². The van der Waals surface area contributed by atoms with Gasteiger partial charge in [-0.25, -0.2) is 0 Å². The lowest BCUT2D eigenvalue weighted by Crippen LogP contribution is -2.63. The smallest absolute Gasteiger partial charge is 0.226 e. The third-order valence-corrected chi connectivity index (χ3v) is 8.81. The van der Waals surface area contributed by atoms with Crippen LogP contribution in [0, 0.1) is 12.3 Å². The predicted octanol–water partition coefficient (Wildman–Crippen LogP) is 2.63. The fourth-order valence-electron chi connectivity index (χ4n) is 5.92. The number of nitrogens with zero attached hydrogens (tertiary/aromatic N) is 1. The van der Waals surface area contributed by atoms with Crippen molar-refractivity contribution in [2.45, 2.75) is 89.5 Å². The number of benzene rings is 2. The Bertz CT molecular complexity index is 1290. The normalized spacial score (nSPS) is 27.0. The Labute approximate surface area is 255 Å². The molecule has 0 saturated carbocycles. The highest BCUT2D eigenvalue weighted by Gasteiger charge is 2.65. The summed E-state index contributed by atoms with van der Waals surface area (Å²) in [6, 6.07) is 14.1. The first kappa shape index (κ1) is 33.2. The maximum absolute atomic E-state index is 12.6. The van der Waals surface area contributed by atoms with Crippen molar-refractivity contribution in [3.8, 4) is 0 Å². The Morgan fingerprint density at radius 3 is 2.40 bits per heavy atom. The highest BCUT2D eigenvalue weighted by molar-refractivity contribution is 5.89. The molecule has 2 aromatic carbocycles. The van der Waals surface area contributed by atoms with E-state index in [2.05, 4.69) is 29.6 Å². The van der Waals surface area contributed by atoms with Crippen molar-refractivity contribution in [1.82, 2.24) is 10.2 Å². The number of hydrogen-bond acceptors (Lipinski definition) is 8. The van der Waals surface area contributed by atoms with Gasteiger partial charge in [-0.3, -0.25) is 9.59 Å². The Balaban J connectivity index is 1.32. The fourth-order valence-corrected chi connectivity index (χ4v) is 5.92. The highest BCUT2D eigenvalue weighted by Crippen LogP contribution is 2.49. The third kappa shape index (κ3) is 7.36. The van der Waals surface area contributed by atoms with Gasteiger partial charge in [0.2, 0.25) is 11.7 Å². The van der Waals surface area contributed by atoms with E-state index < -0.39 is 35.1 Å². The number of ether oxygens (including phenoxy) is 2. The lowest BCUT2D eigenvalue weighted by atomic mass is 9.84. The van der Waals surface area contributed by atoms with E-state index in [1.165, 1.54) is 0 Å². The van der Waals surface area contributed by atoms with Gasteiger partial charge in [-0.05, 0) is 75.5 Å². The lowest BCUT2D eigenvalue weighted by Gasteiger charge is -2.45. The quantitative estimate of drug-likeness (QED) is 0.278. The number of likely N-dealkylation sites (N-methyl/N-ethyl adjacent to an activating group) is 1. The van der Waals surface area contributed by atoms with Gasteiger partial charge in [0.15, 0.2) is 0 Å². The lowest BCUT2D eigenvalue weighted by molar-refractivity contribution is -0.322. The third-order valence-electron chi connectivity index (χ3n) is 8.81. The van der Waals surface area contributed by atoms with E-state index in [1.54, 1.807) is 6.92 Å². The zero-order chi connectivity index (χ0) is 31.6. The van der Waals surface area contributed by atoms with E-state index in [0.717, 1.165) is 41.6 Å². The average molecular weight is 597 g/mol. The SMILES string of the molecule is Cc1ccc([C@]23OC[C@](C)(O2)[C@@H](O)[C@H](O)[C@H]3O)cc1Cc1ccc(CCCC(=O)CC(C)(C)C(=O)NCCN(C)C)cc1. The Morgan fingerprint density at radius 2 is 1.72 bits per heavy atom. The molecule has 0 unspecified atom stereocenters. The van der Waals surface area contributed by atoms with Crippen LogP contribution in [-0.2, 0) is 37.7 Å². The summed E-state index contributed by atoms with van der Waals surface area (Å²) in [5.74, 6) is -1.53. The minimum atomic E-state index is -1.54. The molecule has 0 radical (unpaired) electrons. The average Bonchev–Trinajstić information content (AvgIpc) is 3.30. The van der Waals surface area contributed by atoms with Gasteiger partial charge in [-0.15, -0.1) is 0 Å². The van der Waals surface area contributed by atoms with Crippen LogP contribution in [0.4, 0.5) is 0 Å². The predicted molar refractivity (Wildman–Crippen MR) is 163 cm³/mol. The highest BCUT2D eigenvalue weighted by atomic mass is 16.8. The monoisotopic (exact) mass is 596 g/mol. The maximum Gasteiger partial charge on any atom is 0.226 e. The minimum absolute atomic E-state index is 0.0582. The summed E-state index contributed by atoms with van der Waals surface area (Å²) in [4.78, 5) is 27.2. The van der Waals surface area contributed by atoms with Crippen LogP contribution in [0.3, 0.4) is 0 Å². The number of carbonyl (C=O) groups excluding carboxylic acids is 2. The molecule has 2 fully saturated rings. The van der Waals surface area contributed by atoms with Crippen molar-refractivity contribution in [2.75, 3.05) is 33.8 Å². The molecule has 2 saturated heterocycles. The van der Waals surface area contributed by atoms with Gasteiger partial charge in [0, 0.05) is 31.5 Å². The van der Waals surface area contributed by atoms with Crippen molar-refractivity contribution < 1.29 is 34.4 Å². The molecule has 9 nitrogen and oxygen atoms in total.